The first kappa shape index (κ1) is 15.0. The van der Waals surface area contributed by atoms with Crippen LogP contribution >= 0.6 is 11.8 Å². The second kappa shape index (κ2) is 5.54. The first-order valence-electron chi connectivity index (χ1n) is 6.35. The van der Waals surface area contributed by atoms with E-state index in [0.717, 1.165) is 5.56 Å². The van der Waals surface area contributed by atoms with Gasteiger partial charge in [0, 0.05) is 0 Å². The Morgan fingerprint density at radius 2 is 1.95 bits per heavy atom. The molecule has 0 saturated heterocycles. The van der Waals surface area contributed by atoms with Crippen LogP contribution in [0.5, 0.6) is 0 Å². The van der Waals surface area contributed by atoms with Gasteiger partial charge in [0.25, 0.3) is 5.91 Å². The maximum atomic E-state index is 12.9. The summed E-state index contributed by atoms with van der Waals surface area (Å²) in [5, 5.41) is 13.3. The Bertz CT molecular complexity index is 545. The number of carbonyl (C=O) groups excluding carboxylic acids is 1. The molecule has 1 aliphatic heterocycles. The molecule has 0 fully saturated rings. The summed E-state index contributed by atoms with van der Waals surface area (Å²) in [5.74, 6) is -0.628. The third-order valence-corrected chi connectivity index (χ3v) is 4.79. The van der Waals surface area contributed by atoms with E-state index in [1.807, 2.05) is 6.92 Å². The van der Waals surface area contributed by atoms with Gasteiger partial charge in [0.05, 0.1) is 12.1 Å². The van der Waals surface area contributed by atoms with Crippen LogP contribution in [0.1, 0.15) is 32.4 Å². The minimum absolute atomic E-state index is 0.106. The van der Waals surface area contributed by atoms with Crippen LogP contribution in [0.25, 0.3) is 0 Å². The molecule has 1 aromatic carbocycles. The van der Waals surface area contributed by atoms with Crippen molar-refractivity contribution in [1.82, 2.24) is 5.32 Å². The molecular weight excluding hydrogens is 279 g/mol. The van der Waals surface area contributed by atoms with Crippen molar-refractivity contribution in [3.63, 3.8) is 0 Å². The summed E-state index contributed by atoms with van der Waals surface area (Å²) < 4.78 is 11.9. The molecule has 108 valence electrons. The summed E-state index contributed by atoms with van der Waals surface area (Å²) >= 11 is 1.22. The van der Waals surface area contributed by atoms with Gasteiger partial charge in [-0.25, -0.2) is 4.39 Å². The quantitative estimate of drug-likeness (QED) is 0.898. The van der Waals surface area contributed by atoms with Crippen LogP contribution in [-0.2, 0) is 4.79 Å². The maximum absolute atomic E-state index is 12.9. The molecule has 3 atom stereocenters. The molecule has 0 aliphatic carbocycles. The maximum Gasteiger partial charge on any atom is 0.267 e. The van der Waals surface area contributed by atoms with Crippen LogP contribution in [0, 0.1) is 5.82 Å². The van der Waals surface area contributed by atoms with Crippen molar-refractivity contribution >= 4 is 22.8 Å². The lowest BCUT2D eigenvalue weighted by Crippen LogP contribution is -2.39. The molecule has 6 heteroatoms. The lowest BCUT2D eigenvalue weighted by Gasteiger charge is -2.23. The van der Waals surface area contributed by atoms with E-state index >= 15 is 0 Å². The molecule has 1 aliphatic rings. The Labute approximate surface area is 121 Å². The molecule has 2 N–H and O–H groups in total. The third kappa shape index (κ3) is 2.86. The van der Waals surface area contributed by atoms with E-state index in [-0.39, 0.29) is 17.8 Å². The molecule has 0 aromatic heterocycles. The number of halogens is 1. The number of aliphatic imine (C=N–C) groups is 1. The van der Waals surface area contributed by atoms with Crippen molar-refractivity contribution in [2.24, 2.45) is 4.99 Å². The number of nitrogens with one attached hydrogen (secondary N) is 1. The SMILES string of the molecule is C[C@H](NC1=NC(=O)[C@@](C)([C@H](C)O)S1)c1ccc(F)cc1. The number of hydrogen-bond donors (Lipinski definition) is 2. The monoisotopic (exact) mass is 296 g/mol. The van der Waals surface area contributed by atoms with Crippen LogP contribution in [0.15, 0.2) is 29.3 Å². The molecule has 0 saturated carbocycles. The predicted octanol–water partition coefficient (Wildman–Crippen LogP) is 2.25. The Balaban J connectivity index is 2.06. The van der Waals surface area contributed by atoms with Crippen LogP contribution in [0.2, 0.25) is 0 Å². The van der Waals surface area contributed by atoms with Gasteiger partial charge in [0.15, 0.2) is 5.17 Å². The highest BCUT2D eigenvalue weighted by atomic mass is 32.2. The molecule has 2 rings (SSSR count). The lowest BCUT2D eigenvalue weighted by atomic mass is 10.1. The molecule has 20 heavy (non-hydrogen) atoms. The van der Waals surface area contributed by atoms with Crippen LogP contribution < -0.4 is 5.32 Å². The molecule has 4 nitrogen and oxygen atoms in total. The first-order valence-corrected chi connectivity index (χ1v) is 7.17. The highest BCUT2D eigenvalue weighted by Gasteiger charge is 2.45. The van der Waals surface area contributed by atoms with Crippen molar-refractivity contribution in [1.29, 1.82) is 0 Å². The number of hydrogen-bond acceptors (Lipinski definition) is 4. The number of benzene rings is 1. The van der Waals surface area contributed by atoms with E-state index in [9.17, 15) is 14.3 Å². The highest BCUT2D eigenvalue weighted by Crippen LogP contribution is 2.36. The van der Waals surface area contributed by atoms with Crippen LogP contribution in [-0.4, -0.2) is 27.0 Å². The number of aliphatic hydroxyl groups excluding tert-OH is 1. The van der Waals surface area contributed by atoms with Crippen molar-refractivity contribution < 1.29 is 14.3 Å². The largest absolute Gasteiger partial charge is 0.391 e. The third-order valence-electron chi connectivity index (χ3n) is 3.44. The molecular formula is C14H17FN2O2S. The fourth-order valence-corrected chi connectivity index (χ4v) is 2.89. The van der Waals surface area contributed by atoms with Gasteiger partial charge in [-0.05, 0) is 38.5 Å². The average Bonchev–Trinajstić information content (AvgIpc) is 2.66. The Kier molecular flexibility index (Phi) is 4.15. The zero-order valence-corrected chi connectivity index (χ0v) is 12.4. The summed E-state index contributed by atoms with van der Waals surface area (Å²) in [7, 11) is 0. The van der Waals surface area contributed by atoms with Gasteiger partial charge in [0.1, 0.15) is 10.6 Å². The number of aliphatic hydroxyl groups is 1. The van der Waals surface area contributed by atoms with E-state index < -0.39 is 10.9 Å². The van der Waals surface area contributed by atoms with E-state index in [2.05, 4.69) is 10.3 Å². The number of rotatable bonds is 3. The Hall–Kier alpha value is -1.40. The second-order valence-electron chi connectivity index (χ2n) is 5.02. The normalized spacial score (nSPS) is 25.2. The summed E-state index contributed by atoms with van der Waals surface area (Å²) in [5.41, 5.74) is 0.896. The van der Waals surface area contributed by atoms with Gasteiger partial charge in [-0.3, -0.25) is 4.79 Å². The minimum Gasteiger partial charge on any atom is -0.391 e. The molecule has 0 bridgehead atoms. The van der Waals surface area contributed by atoms with E-state index in [0.29, 0.717) is 5.17 Å². The van der Waals surface area contributed by atoms with Gasteiger partial charge in [-0.1, -0.05) is 23.9 Å². The lowest BCUT2D eigenvalue weighted by molar-refractivity contribution is -0.121. The van der Waals surface area contributed by atoms with E-state index in [1.54, 1.807) is 26.0 Å². The number of carbonyl (C=O) groups is 1. The van der Waals surface area contributed by atoms with Crippen LogP contribution in [0.4, 0.5) is 4.39 Å². The average molecular weight is 296 g/mol. The van der Waals surface area contributed by atoms with Gasteiger partial charge in [0.2, 0.25) is 0 Å². The van der Waals surface area contributed by atoms with Crippen molar-refractivity contribution in [3.05, 3.63) is 35.6 Å². The Morgan fingerprint density at radius 1 is 1.35 bits per heavy atom. The summed E-state index contributed by atoms with van der Waals surface area (Å²) in [6.07, 6.45) is -0.788. The molecule has 1 amide bonds. The minimum atomic E-state index is -0.940. The summed E-state index contributed by atoms with van der Waals surface area (Å²) in [6.45, 7) is 5.15. The highest BCUT2D eigenvalue weighted by molar-refractivity contribution is 8.16. The molecule has 1 aromatic rings. The summed E-state index contributed by atoms with van der Waals surface area (Å²) in [4.78, 5) is 15.8. The van der Waals surface area contributed by atoms with E-state index in [4.69, 9.17) is 0 Å². The van der Waals surface area contributed by atoms with Crippen LogP contribution in [0.3, 0.4) is 0 Å². The van der Waals surface area contributed by atoms with Crippen molar-refractivity contribution in [2.75, 3.05) is 0 Å². The number of amides is 1. The predicted molar refractivity (Wildman–Crippen MR) is 78.1 cm³/mol. The smallest absolute Gasteiger partial charge is 0.267 e. The van der Waals surface area contributed by atoms with Crippen molar-refractivity contribution in [2.45, 2.75) is 37.7 Å². The fourth-order valence-electron chi connectivity index (χ4n) is 1.82. The Morgan fingerprint density at radius 3 is 2.45 bits per heavy atom. The zero-order chi connectivity index (χ0) is 14.9. The molecule has 1 heterocycles. The van der Waals surface area contributed by atoms with Crippen molar-refractivity contribution in [3.8, 4) is 0 Å². The first-order chi connectivity index (χ1) is 9.33. The van der Waals surface area contributed by atoms with Gasteiger partial charge in [-0.15, -0.1) is 0 Å². The summed E-state index contributed by atoms with van der Waals surface area (Å²) in [6, 6.07) is 6.04. The second-order valence-corrected chi connectivity index (χ2v) is 6.46. The number of thioether (sulfide) groups is 1. The van der Waals surface area contributed by atoms with Gasteiger partial charge >= 0.3 is 0 Å². The van der Waals surface area contributed by atoms with E-state index in [1.165, 1.54) is 23.9 Å². The van der Waals surface area contributed by atoms with Gasteiger partial charge < -0.3 is 10.4 Å². The number of nitrogens with zero attached hydrogens (tertiary/aromatic N) is 1. The topological polar surface area (TPSA) is 61.7 Å². The fraction of sp³-hybridized carbons (Fsp3) is 0.429. The van der Waals surface area contributed by atoms with Gasteiger partial charge in [-0.2, -0.15) is 4.99 Å². The molecule has 0 spiro atoms. The number of amidine groups is 1. The molecule has 0 radical (unpaired) electrons. The standard InChI is InChI=1S/C14H17FN2O2S/c1-8(10-4-6-11(15)7-5-10)16-13-17-12(19)14(3,20-13)9(2)18/h4-9,18H,1-3H3,(H,16,17,19)/t8-,9-,14+/m0/s1. The molecule has 0 unspecified atom stereocenters. The zero-order valence-electron chi connectivity index (χ0n) is 11.6.